The van der Waals surface area contributed by atoms with Crippen LogP contribution in [0.25, 0.3) is 11.0 Å². The van der Waals surface area contributed by atoms with Crippen molar-refractivity contribution in [3.63, 3.8) is 0 Å². The topological polar surface area (TPSA) is 153 Å². The summed E-state index contributed by atoms with van der Waals surface area (Å²) >= 11 is 0. The van der Waals surface area contributed by atoms with Crippen molar-refractivity contribution in [1.29, 1.82) is 0 Å². The van der Waals surface area contributed by atoms with Gasteiger partial charge in [-0.2, -0.15) is 0 Å². The number of hydrogen-bond acceptors (Lipinski definition) is 7. The fourth-order valence-electron chi connectivity index (χ4n) is 2.27. The average Bonchev–Trinajstić information content (AvgIpc) is 2.90. The van der Waals surface area contributed by atoms with Crippen LogP contribution in [0, 0.1) is 0 Å². The summed E-state index contributed by atoms with van der Waals surface area (Å²) in [4.78, 5) is 29.4. The van der Waals surface area contributed by atoms with Gasteiger partial charge in [0.15, 0.2) is 17.3 Å². The molecule has 20 heavy (non-hydrogen) atoms. The van der Waals surface area contributed by atoms with Crippen LogP contribution in [-0.2, 0) is 4.74 Å². The molecule has 0 amide bonds. The maximum atomic E-state index is 11.7. The highest BCUT2D eigenvalue weighted by Crippen LogP contribution is 2.29. The number of hydrogen-bond donors (Lipinski definition) is 5. The summed E-state index contributed by atoms with van der Waals surface area (Å²) in [6.07, 6.45) is -3.72. The molecule has 0 bridgehead atoms. The quantitative estimate of drug-likeness (QED) is 0.394. The van der Waals surface area contributed by atoms with E-state index in [1.807, 2.05) is 0 Å². The number of aromatic amines is 2. The van der Waals surface area contributed by atoms with Crippen LogP contribution >= 0.6 is 0 Å². The van der Waals surface area contributed by atoms with Crippen molar-refractivity contribution >= 4 is 11.0 Å². The van der Waals surface area contributed by atoms with Gasteiger partial charge in [-0.15, -0.1) is 0 Å². The number of rotatable bonds is 2. The summed E-state index contributed by atoms with van der Waals surface area (Å²) in [6.45, 7) is -0.494. The Labute approximate surface area is 110 Å². The minimum Gasteiger partial charge on any atom is -0.394 e. The molecule has 0 aliphatic carbocycles. The Morgan fingerprint density at radius 2 is 2.05 bits per heavy atom. The molecule has 5 N–H and O–H groups in total. The molecule has 0 aromatic carbocycles. The van der Waals surface area contributed by atoms with Gasteiger partial charge in [-0.25, -0.2) is 9.67 Å². The molecule has 1 fully saturated rings. The predicted molar refractivity (Wildman–Crippen MR) is 64.0 cm³/mol. The van der Waals surface area contributed by atoms with Crippen LogP contribution in [0.4, 0.5) is 0 Å². The van der Waals surface area contributed by atoms with Gasteiger partial charge in [0.25, 0.3) is 11.1 Å². The van der Waals surface area contributed by atoms with Gasteiger partial charge >= 0.3 is 0 Å². The van der Waals surface area contributed by atoms with Gasteiger partial charge in [-0.1, -0.05) is 0 Å². The molecule has 1 saturated heterocycles. The van der Waals surface area contributed by atoms with Crippen molar-refractivity contribution in [2.45, 2.75) is 24.5 Å². The standard InChI is InChI=1S/C10H12N4O6/c15-1-3-5(16)6(17)10(20-3)14-7-4(9(19)13-14)8(18)12-2-11-7/h2-3,5-6,10,15-17H,1H2,(H,13,19)(H,11,12,18)/t3-,5-,6-,10-/m1/s1. The van der Waals surface area contributed by atoms with Gasteiger partial charge in [-0.05, 0) is 0 Å². The molecule has 2 aromatic rings. The molecule has 1 aliphatic heterocycles. The number of H-pyrrole nitrogens is 2. The molecule has 3 heterocycles. The maximum Gasteiger partial charge on any atom is 0.279 e. The number of aromatic nitrogens is 4. The molecular formula is C10H12N4O6. The number of fused-ring (bicyclic) bond motifs is 1. The second-order valence-corrected chi connectivity index (χ2v) is 4.47. The summed E-state index contributed by atoms with van der Waals surface area (Å²) < 4.78 is 6.34. The Kier molecular flexibility index (Phi) is 2.94. The van der Waals surface area contributed by atoms with E-state index in [4.69, 9.17) is 9.84 Å². The number of nitrogens with zero attached hydrogens (tertiary/aromatic N) is 2. The molecule has 3 rings (SSSR count). The highest BCUT2D eigenvalue weighted by atomic mass is 16.6. The van der Waals surface area contributed by atoms with Gasteiger partial charge < -0.3 is 25.0 Å². The van der Waals surface area contributed by atoms with E-state index in [2.05, 4.69) is 15.1 Å². The van der Waals surface area contributed by atoms with Crippen molar-refractivity contribution in [3.05, 3.63) is 27.0 Å². The van der Waals surface area contributed by atoms with Gasteiger partial charge in [0.1, 0.15) is 18.3 Å². The second kappa shape index (κ2) is 4.52. The molecule has 1 aliphatic rings. The van der Waals surface area contributed by atoms with Crippen LogP contribution in [0.1, 0.15) is 6.23 Å². The van der Waals surface area contributed by atoms with E-state index in [1.165, 1.54) is 0 Å². The van der Waals surface area contributed by atoms with Crippen LogP contribution in [0.15, 0.2) is 15.9 Å². The fraction of sp³-hybridized carbons (Fsp3) is 0.500. The Balaban J connectivity index is 2.15. The van der Waals surface area contributed by atoms with Crippen molar-refractivity contribution in [2.75, 3.05) is 6.61 Å². The minimum absolute atomic E-state index is 0.00594. The minimum atomic E-state index is -1.38. The third-order valence-corrected chi connectivity index (χ3v) is 3.28. The molecule has 10 heteroatoms. The van der Waals surface area contributed by atoms with E-state index in [-0.39, 0.29) is 11.0 Å². The summed E-state index contributed by atoms with van der Waals surface area (Å²) in [6, 6.07) is 0. The number of nitrogens with one attached hydrogen (secondary N) is 2. The zero-order valence-electron chi connectivity index (χ0n) is 10.1. The van der Waals surface area contributed by atoms with Gasteiger partial charge in [0.05, 0.1) is 12.9 Å². The van der Waals surface area contributed by atoms with Crippen LogP contribution in [0.3, 0.4) is 0 Å². The summed E-state index contributed by atoms with van der Waals surface area (Å²) in [5, 5.41) is 30.8. The van der Waals surface area contributed by atoms with Gasteiger partial charge in [-0.3, -0.25) is 14.7 Å². The monoisotopic (exact) mass is 284 g/mol. The van der Waals surface area contributed by atoms with Crippen LogP contribution in [0.2, 0.25) is 0 Å². The van der Waals surface area contributed by atoms with Gasteiger partial charge in [0.2, 0.25) is 0 Å². The van der Waals surface area contributed by atoms with Gasteiger partial charge in [0, 0.05) is 0 Å². The van der Waals surface area contributed by atoms with E-state index < -0.39 is 42.3 Å². The second-order valence-electron chi connectivity index (χ2n) is 4.47. The van der Waals surface area contributed by atoms with Crippen molar-refractivity contribution < 1.29 is 20.1 Å². The van der Waals surface area contributed by atoms with Crippen LogP contribution < -0.4 is 11.1 Å². The molecule has 2 aromatic heterocycles. The van der Waals surface area contributed by atoms with Crippen LogP contribution in [0.5, 0.6) is 0 Å². The van der Waals surface area contributed by atoms with Crippen LogP contribution in [-0.4, -0.2) is 60.0 Å². The molecule has 4 atom stereocenters. The zero-order valence-corrected chi connectivity index (χ0v) is 10.1. The molecule has 0 spiro atoms. The first kappa shape index (κ1) is 13.0. The predicted octanol–water partition coefficient (Wildman–Crippen LogP) is -2.98. The first-order valence-corrected chi connectivity index (χ1v) is 5.85. The summed E-state index contributed by atoms with van der Waals surface area (Å²) in [7, 11) is 0. The average molecular weight is 284 g/mol. The maximum absolute atomic E-state index is 11.7. The largest absolute Gasteiger partial charge is 0.394 e. The number of aliphatic hydroxyl groups excluding tert-OH is 3. The van der Waals surface area contributed by atoms with E-state index in [0.717, 1.165) is 11.0 Å². The van der Waals surface area contributed by atoms with E-state index in [1.54, 1.807) is 0 Å². The Hall–Kier alpha value is -2.01. The van der Waals surface area contributed by atoms with E-state index in [9.17, 15) is 19.8 Å². The summed E-state index contributed by atoms with van der Waals surface area (Å²) in [5.74, 6) is 0. The number of aliphatic hydroxyl groups is 3. The Morgan fingerprint density at radius 1 is 1.30 bits per heavy atom. The third-order valence-electron chi connectivity index (χ3n) is 3.28. The molecule has 10 nitrogen and oxygen atoms in total. The third kappa shape index (κ3) is 1.70. The molecule has 0 unspecified atom stereocenters. The first-order chi connectivity index (χ1) is 9.54. The lowest BCUT2D eigenvalue weighted by atomic mass is 10.1. The van der Waals surface area contributed by atoms with Crippen molar-refractivity contribution in [3.8, 4) is 0 Å². The van der Waals surface area contributed by atoms with E-state index >= 15 is 0 Å². The SMILES string of the molecule is O=c1[nH]cnc2c1c(=O)[nH]n2[C@@H]1O[C@H](CO)[C@@H](O)[C@H]1O. The lowest BCUT2D eigenvalue weighted by Gasteiger charge is -2.16. The molecule has 0 saturated carbocycles. The number of ether oxygens (including phenoxy) is 1. The lowest BCUT2D eigenvalue weighted by molar-refractivity contribution is -0.0568. The molecule has 108 valence electrons. The normalized spacial score (nSPS) is 30.1. The smallest absolute Gasteiger partial charge is 0.279 e. The first-order valence-electron chi connectivity index (χ1n) is 5.85. The Bertz CT molecular complexity index is 748. The zero-order chi connectivity index (χ0) is 14.4. The van der Waals surface area contributed by atoms with Crippen molar-refractivity contribution in [1.82, 2.24) is 19.7 Å². The van der Waals surface area contributed by atoms with E-state index in [0.29, 0.717) is 0 Å². The fourth-order valence-corrected chi connectivity index (χ4v) is 2.27. The van der Waals surface area contributed by atoms with Crippen molar-refractivity contribution in [2.24, 2.45) is 0 Å². The molecular weight excluding hydrogens is 272 g/mol. The lowest BCUT2D eigenvalue weighted by Crippen LogP contribution is -2.33. The molecule has 0 radical (unpaired) electrons. The highest BCUT2D eigenvalue weighted by molar-refractivity contribution is 5.72. The summed E-state index contributed by atoms with van der Waals surface area (Å²) in [5.41, 5.74) is -1.32. The Morgan fingerprint density at radius 3 is 2.70 bits per heavy atom. The highest BCUT2D eigenvalue weighted by Gasteiger charge is 2.44.